The monoisotopic (exact) mass is 264 g/mol. The predicted molar refractivity (Wildman–Crippen MR) is 59.9 cm³/mol. The molecule has 0 aliphatic heterocycles. The van der Waals surface area contributed by atoms with Crippen LogP contribution in [0.4, 0.5) is 13.2 Å². The number of hydrogen-bond donors (Lipinski definition) is 1. The lowest BCUT2D eigenvalue weighted by molar-refractivity contribution is -0.138. The van der Waals surface area contributed by atoms with Gasteiger partial charge < -0.3 is 14.6 Å². The van der Waals surface area contributed by atoms with Gasteiger partial charge in [-0.15, -0.1) is 0 Å². The topological polar surface area (TPSA) is 38.7 Å². The van der Waals surface area contributed by atoms with Gasteiger partial charge in [0.15, 0.2) is 11.5 Å². The summed E-state index contributed by atoms with van der Waals surface area (Å²) in [5.74, 6) is 0.217. The minimum absolute atomic E-state index is 0.00762. The SMILES string of the molecule is COc1ccc(C(F)(F)F)c(CC(C)O)c1OC. The van der Waals surface area contributed by atoms with Gasteiger partial charge in [-0.2, -0.15) is 13.2 Å². The summed E-state index contributed by atoms with van der Waals surface area (Å²) >= 11 is 0. The largest absolute Gasteiger partial charge is 0.493 e. The number of benzene rings is 1. The molecule has 0 radical (unpaired) electrons. The van der Waals surface area contributed by atoms with Gasteiger partial charge in [-0.1, -0.05) is 0 Å². The number of methoxy groups -OCH3 is 2. The summed E-state index contributed by atoms with van der Waals surface area (Å²) in [7, 11) is 2.61. The van der Waals surface area contributed by atoms with Crippen LogP contribution < -0.4 is 9.47 Å². The molecule has 0 heterocycles. The van der Waals surface area contributed by atoms with E-state index in [1.54, 1.807) is 0 Å². The van der Waals surface area contributed by atoms with Crippen molar-refractivity contribution in [2.75, 3.05) is 14.2 Å². The molecule has 0 amide bonds. The number of hydrogen-bond acceptors (Lipinski definition) is 3. The Morgan fingerprint density at radius 2 is 1.83 bits per heavy atom. The summed E-state index contributed by atoms with van der Waals surface area (Å²) in [5.41, 5.74) is -0.916. The van der Waals surface area contributed by atoms with Crippen LogP contribution in [0, 0.1) is 0 Å². The fourth-order valence-electron chi connectivity index (χ4n) is 1.75. The molecular formula is C12H15F3O3. The third-order valence-corrected chi connectivity index (χ3v) is 2.45. The van der Waals surface area contributed by atoms with Crippen molar-refractivity contribution in [3.8, 4) is 11.5 Å². The molecule has 1 rings (SSSR count). The number of halogens is 3. The lowest BCUT2D eigenvalue weighted by atomic mass is 9.99. The van der Waals surface area contributed by atoms with Gasteiger partial charge in [0.05, 0.1) is 25.9 Å². The van der Waals surface area contributed by atoms with Crippen molar-refractivity contribution < 1.29 is 27.8 Å². The summed E-state index contributed by atoms with van der Waals surface area (Å²) in [5, 5.41) is 9.32. The Balaban J connectivity index is 3.44. The van der Waals surface area contributed by atoms with Crippen LogP contribution in [-0.2, 0) is 12.6 Å². The first-order valence-electron chi connectivity index (χ1n) is 5.30. The normalized spacial score (nSPS) is 13.3. The molecule has 0 aromatic heterocycles. The zero-order valence-electron chi connectivity index (χ0n) is 10.3. The maximum absolute atomic E-state index is 12.9. The van der Waals surface area contributed by atoms with Gasteiger partial charge in [0.25, 0.3) is 0 Å². The van der Waals surface area contributed by atoms with E-state index in [9.17, 15) is 18.3 Å². The Labute approximate surface area is 103 Å². The highest BCUT2D eigenvalue weighted by atomic mass is 19.4. The number of rotatable bonds is 4. The summed E-state index contributed by atoms with van der Waals surface area (Å²) in [6.07, 6.45) is -5.56. The predicted octanol–water partition coefficient (Wildman–Crippen LogP) is 2.65. The van der Waals surface area contributed by atoms with Gasteiger partial charge in [-0.3, -0.25) is 0 Å². The second-order valence-corrected chi connectivity index (χ2v) is 3.88. The summed E-state index contributed by atoms with van der Waals surface area (Å²) in [6.45, 7) is 1.42. The fraction of sp³-hybridized carbons (Fsp3) is 0.500. The highest BCUT2D eigenvalue weighted by Crippen LogP contribution is 2.41. The lowest BCUT2D eigenvalue weighted by Crippen LogP contribution is -2.15. The highest BCUT2D eigenvalue weighted by molar-refractivity contribution is 5.52. The van der Waals surface area contributed by atoms with E-state index in [1.807, 2.05) is 0 Å². The number of alkyl halides is 3. The van der Waals surface area contributed by atoms with Gasteiger partial charge in [-0.25, -0.2) is 0 Å². The van der Waals surface area contributed by atoms with Crippen molar-refractivity contribution in [1.29, 1.82) is 0 Å². The van der Waals surface area contributed by atoms with Crippen molar-refractivity contribution >= 4 is 0 Å². The number of aliphatic hydroxyl groups is 1. The molecule has 3 nitrogen and oxygen atoms in total. The Hall–Kier alpha value is -1.43. The molecular weight excluding hydrogens is 249 g/mol. The Bertz CT molecular complexity index is 414. The Morgan fingerprint density at radius 1 is 1.22 bits per heavy atom. The van der Waals surface area contributed by atoms with Crippen molar-refractivity contribution in [2.45, 2.75) is 25.6 Å². The van der Waals surface area contributed by atoms with E-state index < -0.39 is 17.8 Å². The van der Waals surface area contributed by atoms with Crippen LogP contribution >= 0.6 is 0 Å². The van der Waals surface area contributed by atoms with Crippen molar-refractivity contribution in [3.05, 3.63) is 23.3 Å². The van der Waals surface area contributed by atoms with E-state index in [4.69, 9.17) is 9.47 Å². The molecule has 1 atom stereocenters. The van der Waals surface area contributed by atoms with Crippen LogP contribution in [0.1, 0.15) is 18.1 Å². The van der Waals surface area contributed by atoms with Crippen molar-refractivity contribution in [1.82, 2.24) is 0 Å². The molecule has 18 heavy (non-hydrogen) atoms. The van der Waals surface area contributed by atoms with Crippen LogP contribution in [-0.4, -0.2) is 25.4 Å². The molecule has 6 heteroatoms. The maximum Gasteiger partial charge on any atom is 0.416 e. The Morgan fingerprint density at radius 3 is 2.22 bits per heavy atom. The zero-order chi connectivity index (χ0) is 13.9. The van der Waals surface area contributed by atoms with Crippen LogP contribution in [0.15, 0.2) is 12.1 Å². The van der Waals surface area contributed by atoms with E-state index in [0.29, 0.717) is 0 Å². The van der Waals surface area contributed by atoms with E-state index in [-0.39, 0.29) is 23.5 Å². The molecule has 0 aliphatic rings. The second-order valence-electron chi connectivity index (χ2n) is 3.88. The molecule has 0 fully saturated rings. The molecule has 0 saturated carbocycles. The first-order valence-corrected chi connectivity index (χ1v) is 5.30. The van der Waals surface area contributed by atoms with Crippen LogP contribution in [0.5, 0.6) is 11.5 Å². The number of aliphatic hydroxyl groups excluding tert-OH is 1. The average Bonchev–Trinajstić information content (AvgIpc) is 2.25. The minimum Gasteiger partial charge on any atom is -0.493 e. The zero-order valence-corrected chi connectivity index (χ0v) is 10.3. The molecule has 0 saturated heterocycles. The molecule has 0 bridgehead atoms. The molecule has 1 N–H and O–H groups in total. The first kappa shape index (κ1) is 14.6. The molecule has 0 spiro atoms. The lowest BCUT2D eigenvalue weighted by Gasteiger charge is -2.19. The quantitative estimate of drug-likeness (QED) is 0.908. The van der Waals surface area contributed by atoms with Gasteiger partial charge in [0.2, 0.25) is 0 Å². The first-order chi connectivity index (χ1) is 8.31. The summed E-state index contributed by atoms with van der Waals surface area (Å²) < 4.78 is 48.5. The molecule has 1 aromatic rings. The van der Waals surface area contributed by atoms with Crippen LogP contribution in [0.2, 0.25) is 0 Å². The van der Waals surface area contributed by atoms with Crippen molar-refractivity contribution in [3.63, 3.8) is 0 Å². The third-order valence-electron chi connectivity index (χ3n) is 2.45. The molecule has 102 valence electrons. The molecule has 1 unspecified atom stereocenters. The van der Waals surface area contributed by atoms with Crippen LogP contribution in [0.25, 0.3) is 0 Å². The van der Waals surface area contributed by atoms with Gasteiger partial charge in [0, 0.05) is 12.0 Å². The fourth-order valence-corrected chi connectivity index (χ4v) is 1.75. The Kier molecular flexibility index (Phi) is 4.45. The minimum atomic E-state index is -4.50. The second kappa shape index (κ2) is 5.48. The van der Waals surface area contributed by atoms with E-state index >= 15 is 0 Å². The maximum atomic E-state index is 12.9. The number of ether oxygens (including phenoxy) is 2. The highest BCUT2D eigenvalue weighted by Gasteiger charge is 2.35. The van der Waals surface area contributed by atoms with Gasteiger partial charge in [0.1, 0.15) is 0 Å². The standard InChI is InChI=1S/C12H15F3O3/c1-7(16)6-8-9(12(13,14)15)4-5-10(17-2)11(8)18-3/h4-5,7,16H,6H2,1-3H3. The van der Waals surface area contributed by atoms with Gasteiger partial charge >= 0.3 is 6.18 Å². The van der Waals surface area contributed by atoms with E-state index in [1.165, 1.54) is 27.2 Å². The van der Waals surface area contributed by atoms with Crippen LogP contribution in [0.3, 0.4) is 0 Å². The van der Waals surface area contributed by atoms with Crippen molar-refractivity contribution in [2.24, 2.45) is 0 Å². The molecule has 0 aliphatic carbocycles. The van der Waals surface area contributed by atoms with Gasteiger partial charge in [-0.05, 0) is 19.1 Å². The molecule has 1 aromatic carbocycles. The average molecular weight is 264 g/mol. The van der Waals surface area contributed by atoms with E-state index in [0.717, 1.165) is 6.07 Å². The third kappa shape index (κ3) is 3.07. The summed E-state index contributed by atoms with van der Waals surface area (Å²) in [6, 6.07) is 2.13. The summed E-state index contributed by atoms with van der Waals surface area (Å²) in [4.78, 5) is 0. The van der Waals surface area contributed by atoms with E-state index in [2.05, 4.69) is 0 Å². The smallest absolute Gasteiger partial charge is 0.416 e.